The van der Waals surface area contributed by atoms with Crippen LogP contribution in [0.1, 0.15) is 71.4 Å². The van der Waals surface area contributed by atoms with Gasteiger partial charge in [-0.25, -0.2) is 18.1 Å². The van der Waals surface area contributed by atoms with Gasteiger partial charge in [0.1, 0.15) is 35.0 Å². The molecule has 39 heavy (non-hydrogen) atoms. The van der Waals surface area contributed by atoms with Gasteiger partial charge in [0, 0.05) is 17.3 Å². The van der Waals surface area contributed by atoms with Crippen LogP contribution in [0.3, 0.4) is 0 Å². The molecule has 2 aromatic rings. The Labute approximate surface area is 230 Å². The largest absolute Gasteiger partial charge is 0.530 e. The number of rotatable bonds is 4. The third-order valence-electron chi connectivity index (χ3n) is 6.54. The van der Waals surface area contributed by atoms with E-state index >= 15 is 8.78 Å². The summed E-state index contributed by atoms with van der Waals surface area (Å²) in [5.74, 6) is -3.99. The van der Waals surface area contributed by atoms with E-state index in [1.165, 1.54) is 6.92 Å². The molecule has 216 valence electrons. The van der Waals surface area contributed by atoms with E-state index in [4.69, 9.17) is 31.9 Å². The van der Waals surface area contributed by atoms with E-state index < -0.39 is 67.6 Å². The summed E-state index contributed by atoms with van der Waals surface area (Å²) in [5.41, 5.74) is -0.913. The number of aryl methyl sites for hydroxylation is 1. The Bertz CT molecular complexity index is 1520. The van der Waals surface area contributed by atoms with Gasteiger partial charge >= 0.3 is 13.5 Å². The Morgan fingerprint density at radius 1 is 1.28 bits per heavy atom. The zero-order chi connectivity index (χ0) is 30.2. The normalized spacial score (nSPS) is 31.5. The number of halogens is 2. The van der Waals surface area contributed by atoms with Crippen LogP contribution < -0.4 is 10.2 Å². The van der Waals surface area contributed by atoms with Crippen molar-refractivity contribution in [2.24, 2.45) is 0 Å². The van der Waals surface area contributed by atoms with Crippen LogP contribution in [-0.2, 0) is 35.8 Å². The van der Waals surface area contributed by atoms with Crippen molar-refractivity contribution < 1.29 is 43.2 Å². The molecule has 3 heterocycles. The molecule has 0 saturated carbocycles. The smallest absolute Gasteiger partial charge is 0.403 e. The number of aromatic amines is 1. The van der Waals surface area contributed by atoms with E-state index in [0.29, 0.717) is 21.3 Å². The standard InChI is InChI=1S/C25H33F2N2O8PS/c1-12-9-29(22(32)28-20(12)39)21-17(30)19(31)25(27,36-21)11-35-38(33)34-10-13-16(26)14(23(2,3)4)8-15(18(13)37-38)24(5,6)7/h8-9,17,19,21,30-31H,10-11H2,1-7H3,(H,28,32,39)/t17-,19+,21-,25-,38?/m1/s1/i21D. The minimum atomic E-state index is -4.63. The number of nitrogens with one attached hydrogen (secondary N) is 1. The summed E-state index contributed by atoms with van der Waals surface area (Å²) in [6.45, 7) is 10.7. The van der Waals surface area contributed by atoms with Crippen molar-refractivity contribution in [3.05, 3.63) is 55.5 Å². The lowest BCUT2D eigenvalue weighted by molar-refractivity contribution is -0.205. The van der Waals surface area contributed by atoms with Gasteiger partial charge in [0.25, 0.3) is 5.85 Å². The molecule has 2 aliphatic heterocycles. The number of ether oxygens (including phenoxy) is 1. The molecule has 3 N–H and O–H groups in total. The highest BCUT2D eigenvalue weighted by Crippen LogP contribution is 2.58. The van der Waals surface area contributed by atoms with Gasteiger partial charge < -0.3 is 19.5 Å². The van der Waals surface area contributed by atoms with Gasteiger partial charge in [-0.1, -0.05) is 53.8 Å². The summed E-state index contributed by atoms with van der Waals surface area (Å²) >= 11 is 4.97. The number of aromatic nitrogens is 2. The molecule has 4 rings (SSSR count). The molecular formula is C25H33F2N2O8PS. The molecule has 10 nitrogen and oxygen atoms in total. The molecule has 0 aliphatic carbocycles. The Morgan fingerprint density at radius 3 is 2.49 bits per heavy atom. The fourth-order valence-electron chi connectivity index (χ4n) is 4.25. The Balaban J connectivity index is 1.65. The SMILES string of the molecule is [2H][C@@]1(n2cc(C)c(=S)[nH]c2=O)O[C@](F)(COP2(=O)OCc3c(F)c(C(C)(C)C)cc(C(C)(C)C)c3O2)[C@@H](O)[C@H]1O. The van der Waals surface area contributed by atoms with Crippen LogP contribution in [0.4, 0.5) is 8.78 Å². The Kier molecular flexibility index (Phi) is 7.19. The van der Waals surface area contributed by atoms with E-state index in [2.05, 4.69) is 4.98 Å². The minimum Gasteiger partial charge on any atom is -0.403 e. The third kappa shape index (κ3) is 5.50. The topological polar surface area (TPSA) is 132 Å². The highest BCUT2D eigenvalue weighted by molar-refractivity contribution is 7.71. The fourth-order valence-corrected chi connectivity index (χ4v) is 5.62. The molecule has 2 aliphatic rings. The first kappa shape index (κ1) is 28.5. The van der Waals surface area contributed by atoms with Crippen molar-refractivity contribution in [2.75, 3.05) is 6.61 Å². The summed E-state index contributed by atoms with van der Waals surface area (Å²) in [4.78, 5) is 14.7. The van der Waals surface area contributed by atoms with E-state index in [9.17, 15) is 19.6 Å². The third-order valence-corrected chi connectivity index (χ3v) is 8.26. The zero-order valence-corrected chi connectivity index (χ0v) is 24.3. The van der Waals surface area contributed by atoms with Gasteiger partial charge in [-0.2, -0.15) is 0 Å². The highest BCUT2D eigenvalue weighted by atomic mass is 32.1. The van der Waals surface area contributed by atoms with Crippen LogP contribution in [0.25, 0.3) is 0 Å². The van der Waals surface area contributed by atoms with Crippen molar-refractivity contribution in [1.82, 2.24) is 9.55 Å². The second kappa shape index (κ2) is 9.83. The number of aliphatic hydroxyl groups excluding tert-OH is 2. The summed E-state index contributed by atoms with van der Waals surface area (Å²) in [6.07, 6.45) is -6.48. The fraction of sp³-hybridized carbons (Fsp3) is 0.600. The van der Waals surface area contributed by atoms with Crippen molar-refractivity contribution in [1.29, 1.82) is 0 Å². The van der Waals surface area contributed by atoms with E-state index in [1.807, 2.05) is 41.5 Å². The number of aliphatic hydroxyl groups is 2. The number of phosphoric ester groups is 1. The lowest BCUT2D eigenvalue weighted by atomic mass is 9.78. The van der Waals surface area contributed by atoms with Crippen LogP contribution in [0.15, 0.2) is 17.1 Å². The van der Waals surface area contributed by atoms with Crippen LogP contribution in [0, 0.1) is 17.4 Å². The quantitative estimate of drug-likeness (QED) is 0.345. The monoisotopic (exact) mass is 591 g/mol. The zero-order valence-electron chi connectivity index (χ0n) is 23.6. The molecule has 1 fully saturated rings. The molecule has 5 atom stereocenters. The van der Waals surface area contributed by atoms with Crippen molar-refractivity contribution in [3.63, 3.8) is 0 Å². The molecule has 1 saturated heterocycles. The van der Waals surface area contributed by atoms with E-state index in [-0.39, 0.29) is 16.0 Å². The number of fused-ring (bicyclic) bond motifs is 1. The number of hydrogen-bond acceptors (Lipinski definition) is 9. The van der Waals surface area contributed by atoms with Crippen molar-refractivity contribution in [3.8, 4) is 5.75 Å². The second-order valence-corrected chi connectivity index (χ2v) is 13.7. The number of benzene rings is 1. The van der Waals surface area contributed by atoms with Crippen molar-refractivity contribution in [2.45, 2.75) is 90.2 Å². The molecule has 0 bridgehead atoms. The first-order valence-corrected chi connectivity index (χ1v) is 14.0. The molecule has 14 heteroatoms. The maximum Gasteiger partial charge on any atom is 0.530 e. The van der Waals surface area contributed by atoms with Gasteiger partial charge in [-0.05, 0) is 29.4 Å². The average Bonchev–Trinajstić information content (AvgIpc) is 2.99. The van der Waals surface area contributed by atoms with Crippen LogP contribution in [0.2, 0.25) is 0 Å². The average molecular weight is 592 g/mol. The van der Waals surface area contributed by atoms with E-state index in [1.54, 1.807) is 6.07 Å². The number of nitrogens with zero attached hydrogens (tertiary/aromatic N) is 1. The lowest BCUT2D eigenvalue weighted by Gasteiger charge is -2.34. The van der Waals surface area contributed by atoms with Crippen molar-refractivity contribution >= 4 is 20.0 Å². The summed E-state index contributed by atoms with van der Waals surface area (Å²) in [5, 5.41) is 21.0. The number of phosphoric acid groups is 1. The minimum absolute atomic E-state index is 0.0244. The van der Waals surface area contributed by atoms with Crippen LogP contribution in [-0.4, -0.2) is 44.4 Å². The molecule has 1 unspecified atom stereocenters. The predicted octanol–water partition coefficient (Wildman–Crippen LogP) is 4.60. The van der Waals surface area contributed by atoms with Gasteiger partial charge in [-0.15, -0.1) is 0 Å². The van der Waals surface area contributed by atoms with Gasteiger partial charge in [0.05, 0.1) is 13.5 Å². The molecule has 1 aromatic heterocycles. The number of alkyl halides is 1. The van der Waals surface area contributed by atoms with Gasteiger partial charge in [0.2, 0.25) is 0 Å². The molecular weight excluding hydrogens is 557 g/mol. The maximum absolute atomic E-state index is 15.9. The summed E-state index contributed by atoms with van der Waals surface area (Å²) in [7, 11) is -4.63. The number of H-pyrrole nitrogens is 1. The van der Waals surface area contributed by atoms with Crippen LogP contribution in [0.5, 0.6) is 5.75 Å². The second-order valence-electron chi connectivity index (χ2n) is 11.7. The molecule has 0 radical (unpaired) electrons. The van der Waals surface area contributed by atoms with E-state index in [0.717, 1.165) is 6.20 Å². The number of hydrogen-bond donors (Lipinski definition) is 3. The molecule has 1 aromatic carbocycles. The first-order valence-electron chi connectivity index (χ1n) is 12.7. The first-order chi connectivity index (χ1) is 18.1. The summed E-state index contributed by atoms with van der Waals surface area (Å²) in [6, 6.07) is 1.62. The Hall–Kier alpha value is -1.99. The highest BCUT2D eigenvalue weighted by Gasteiger charge is 2.58. The van der Waals surface area contributed by atoms with Gasteiger partial charge in [0.15, 0.2) is 6.20 Å². The molecule has 0 spiro atoms. The summed E-state index contributed by atoms with van der Waals surface area (Å²) < 4.78 is 74.9. The predicted molar refractivity (Wildman–Crippen MR) is 139 cm³/mol. The lowest BCUT2D eigenvalue weighted by Crippen LogP contribution is -2.43. The molecule has 0 amide bonds. The maximum atomic E-state index is 15.9. The van der Waals surface area contributed by atoms with Crippen LogP contribution >= 0.6 is 20.0 Å². The Morgan fingerprint density at radius 2 is 1.90 bits per heavy atom. The van der Waals surface area contributed by atoms with Gasteiger partial charge in [-0.3, -0.25) is 18.6 Å².